The van der Waals surface area contributed by atoms with E-state index in [1.807, 2.05) is 0 Å². The van der Waals surface area contributed by atoms with Crippen LogP contribution in [0.2, 0.25) is 0 Å². The fourth-order valence-corrected chi connectivity index (χ4v) is 2.23. The third-order valence-corrected chi connectivity index (χ3v) is 3.35. The largest absolute Gasteiger partial charge is 0.281 e. The number of nitrogens with zero attached hydrogens (tertiary/aromatic N) is 2. The molecule has 0 spiro atoms. The van der Waals surface area contributed by atoms with Crippen LogP contribution in [0.3, 0.4) is 0 Å². The van der Waals surface area contributed by atoms with Gasteiger partial charge in [-0.05, 0) is 56.1 Å². The second-order valence-corrected chi connectivity index (χ2v) is 5.22. The maximum Gasteiger partial charge on any atom is 0.230 e. The molecule has 0 saturated carbocycles. The molecular formula is C14H8Br2N2O2. The zero-order valence-electron chi connectivity index (χ0n) is 10.1. The summed E-state index contributed by atoms with van der Waals surface area (Å²) in [5, 5.41) is 8.08. The standard InChI is InChI=1S/C14H8Br2N2O2/c15-13(19)9-5-1-3-7-11(9)17-18-12-8-4-2-6-10(12)14(16)20/h1-8H. The lowest BCUT2D eigenvalue weighted by Gasteiger charge is -2.01. The lowest BCUT2D eigenvalue weighted by Crippen LogP contribution is -1.88. The van der Waals surface area contributed by atoms with Gasteiger partial charge in [-0.2, -0.15) is 0 Å². The van der Waals surface area contributed by atoms with Crippen LogP contribution in [0.25, 0.3) is 0 Å². The lowest BCUT2D eigenvalue weighted by atomic mass is 10.2. The van der Waals surface area contributed by atoms with E-state index >= 15 is 0 Å². The van der Waals surface area contributed by atoms with E-state index in [1.165, 1.54) is 0 Å². The Labute approximate surface area is 132 Å². The van der Waals surface area contributed by atoms with Gasteiger partial charge in [-0.25, -0.2) is 0 Å². The van der Waals surface area contributed by atoms with Gasteiger partial charge in [0.15, 0.2) is 0 Å². The van der Waals surface area contributed by atoms with E-state index in [0.717, 1.165) is 0 Å². The monoisotopic (exact) mass is 394 g/mol. The van der Waals surface area contributed by atoms with Gasteiger partial charge in [0.25, 0.3) is 0 Å². The summed E-state index contributed by atoms with van der Waals surface area (Å²) in [6.07, 6.45) is 0. The Morgan fingerprint density at radius 3 is 1.40 bits per heavy atom. The molecule has 20 heavy (non-hydrogen) atoms. The first-order chi connectivity index (χ1) is 9.59. The molecule has 0 aliphatic rings. The van der Waals surface area contributed by atoms with Crippen molar-refractivity contribution < 1.29 is 9.59 Å². The minimum Gasteiger partial charge on any atom is -0.281 e. The van der Waals surface area contributed by atoms with Crippen LogP contribution in [0.5, 0.6) is 0 Å². The second-order valence-electron chi connectivity index (χ2n) is 3.78. The van der Waals surface area contributed by atoms with Crippen molar-refractivity contribution in [2.24, 2.45) is 10.2 Å². The first-order valence-electron chi connectivity index (χ1n) is 5.59. The third-order valence-electron chi connectivity index (χ3n) is 2.50. The van der Waals surface area contributed by atoms with E-state index in [2.05, 4.69) is 42.1 Å². The van der Waals surface area contributed by atoms with Gasteiger partial charge in [0.1, 0.15) is 0 Å². The summed E-state index contributed by atoms with van der Waals surface area (Å²) < 4.78 is -0.534. The number of hydrogen-bond donors (Lipinski definition) is 0. The van der Waals surface area contributed by atoms with Crippen LogP contribution in [-0.2, 0) is 0 Å². The van der Waals surface area contributed by atoms with Crippen LogP contribution in [0.4, 0.5) is 11.4 Å². The van der Waals surface area contributed by atoms with Crippen molar-refractivity contribution in [2.45, 2.75) is 0 Å². The fraction of sp³-hybridized carbons (Fsp3) is 0. The molecule has 4 nitrogen and oxygen atoms in total. The zero-order valence-corrected chi connectivity index (χ0v) is 13.3. The van der Waals surface area contributed by atoms with Crippen LogP contribution in [-0.4, -0.2) is 9.39 Å². The highest BCUT2D eigenvalue weighted by Gasteiger charge is 2.09. The van der Waals surface area contributed by atoms with E-state index in [1.54, 1.807) is 48.5 Å². The van der Waals surface area contributed by atoms with Crippen molar-refractivity contribution in [1.82, 2.24) is 0 Å². The minimum atomic E-state index is -0.267. The van der Waals surface area contributed by atoms with Gasteiger partial charge in [0.05, 0.1) is 22.5 Å². The van der Waals surface area contributed by atoms with Crippen LogP contribution < -0.4 is 0 Å². The summed E-state index contributed by atoms with van der Waals surface area (Å²) >= 11 is 5.79. The van der Waals surface area contributed by atoms with Gasteiger partial charge in [-0.3, -0.25) is 9.59 Å². The van der Waals surface area contributed by atoms with Crippen molar-refractivity contribution in [1.29, 1.82) is 0 Å². The molecule has 0 saturated heterocycles. The average molecular weight is 396 g/mol. The average Bonchev–Trinajstić information content (AvgIpc) is 2.45. The van der Waals surface area contributed by atoms with E-state index in [0.29, 0.717) is 22.5 Å². The molecule has 0 N–H and O–H groups in total. The number of rotatable bonds is 4. The summed E-state index contributed by atoms with van der Waals surface area (Å²) in [5.74, 6) is 0. The van der Waals surface area contributed by atoms with Gasteiger partial charge in [-0.15, -0.1) is 10.2 Å². The van der Waals surface area contributed by atoms with E-state index in [9.17, 15) is 9.59 Å². The molecule has 2 rings (SSSR count). The van der Waals surface area contributed by atoms with Gasteiger partial charge >= 0.3 is 0 Å². The molecule has 0 aliphatic heterocycles. The highest BCUT2D eigenvalue weighted by molar-refractivity contribution is 9.18. The number of hydrogen-bond acceptors (Lipinski definition) is 4. The molecular weight excluding hydrogens is 388 g/mol. The Hall–Kier alpha value is -1.66. The summed E-state index contributed by atoms with van der Waals surface area (Å²) in [7, 11) is 0. The molecule has 6 heteroatoms. The molecule has 2 aromatic carbocycles. The van der Waals surface area contributed by atoms with Crippen LogP contribution in [0.15, 0.2) is 58.8 Å². The summed E-state index contributed by atoms with van der Waals surface area (Å²) in [4.78, 5) is 22.8. The van der Waals surface area contributed by atoms with Crippen LogP contribution in [0.1, 0.15) is 20.7 Å². The zero-order chi connectivity index (χ0) is 14.5. The Bertz CT molecular complexity index is 640. The molecule has 100 valence electrons. The molecule has 2 aromatic rings. The first kappa shape index (κ1) is 14.7. The van der Waals surface area contributed by atoms with Crippen LogP contribution >= 0.6 is 31.9 Å². The predicted octanol–water partition coefficient (Wildman–Crippen LogP) is 5.17. The van der Waals surface area contributed by atoms with Crippen molar-refractivity contribution in [3.8, 4) is 0 Å². The highest BCUT2D eigenvalue weighted by atomic mass is 79.9. The van der Waals surface area contributed by atoms with Crippen molar-refractivity contribution in [3.63, 3.8) is 0 Å². The molecule has 0 radical (unpaired) electrons. The van der Waals surface area contributed by atoms with E-state index in [-0.39, 0.29) is 9.39 Å². The SMILES string of the molecule is O=C(Br)c1ccccc1N=Nc1ccccc1C(=O)Br. The molecule has 0 aliphatic carbocycles. The normalized spacial score (nSPS) is 10.7. The molecule has 0 amide bonds. The van der Waals surface area contributed by atoms with E-state index in [4.69, 9.17) is 0 Å². The first-order valence-corrected chi connectivity index (χ1v) is 7.17. The van der Waals surface area contributed by atoms with Gasteiger partial charge in [-0.1, -0.05) is 24.3 Å². The summed E-state index contributed by atoms with van der Waals surface area (Å²) in [5.41, 5.74) is 1.70. The smallest absolute Gasteiger partial charge is 0.230 e. The number of carbonyl (C=O) groups excluding carboxylic acids is 2. The summed E-state index contributed by atoms with van der Waals surface area (Å²) in [6, 6.07) is 13.6. The van der Waals surface area contributed by atoms with Gasteiger partial charge < -0.3 is 0 Å². The number of carbonyl (C=O) groups is 2. The van der Waals surface area contributed by atoms with Crippen molar-refractivity contribution in [3.05, 3.63) is 59.7 Å². The molecule has 0 bridgehead atoms. The summed E-state index contributed by atoms with van der Waals surface area (Å²) in [6.45, 7) is 0. The van der Waals surface area contributed by atoms with Crippen LogP contribution in [0, 0.1) is 0 Å². The van der Waals surface area contributed by atoms with Gasteiger partial charge in [0, 0.05) is 0 Å². The van der Waals surface area contributed by atoms with Crippen molar-refractivity contribution >= 4 is 52.6 Å². The number of azo groups is 1. The maximum absolute atomic E-state index is 11.4. The number of halogens is 2. The molecule has 0 atom stereocenters. The minimum absolute atomic E-state index is 0.267. The number of benzene rings is 2. The van der Waals surface area contributed by atoms with Gasteiger partial charge in [0.2, 0.25) is 9.39 Å². The predicted molar refractivity (Wildman–Crippen MR) is 83.6 cm³/mol. The third kappa shape index (κ3) is 3.46. The Kier molecular flexibility index (Phi) is 4.92. The molecule has 0 heterocycles. The quantitative estimate of drug-likeness (QED) is 0.529. The van der Waals surface area contributed by atoms with E-state index < -0.39 is 0 Å². The second kappa shape index (κ2) is 6.67. The topological polar surface area (TPSA) is 58.9 Å². The fourth-order valence-electron chi connectivity index (χ4n) is 1.56. The molecule has 0 unspecified atom stereocenters. The lowest BCUT2D eigenvalue weighted by molar-refractivity contribution is 0.108. The Morgan fingerprint density at radius 1 is 0.700 bits per heavy atom. The maximum atomic E-state index is 11.4. The molecule has 0 aromatic heterocycles. The van der Waals surface area contributed by atoms with Crippen molar-refractivity contribution in [2.75, 3.05) is 0 Å². The Balaban J connectivity index is 2.40. The molecule has 0 fully saturated rings. The highest BCUT2D eigenvalue weighted by Crippen LogP contribution is 2.26. The Morgan fingerprint density at radius 2 is 1.05 bits per heavy atom.